The molecule has 0 fully saturated rings. The Kier molecular flexibility index (Phi) is 5.19. The molecule has 0 N–H and O–H groups in total. The molecule has 0 bridgehead atoms. The second kappa shape index (κ2) is 7.10. The Hall–Kier alpha value is -2.05. The lowest BCUT2D eigenvalue weighted by Gasteiger charge is -2.05. The highest BCUT2D eigenvalue weighted by atomic mass is 35.5. The van der Waals surface area contributed by atoms with Crippen molar-refractivity contribution in [1.82, 2.24) is 0 Å². The fraction of sp³-hybridized carbons (Fsp3) is 0.0714. The van der Waals surface area contributed by atoms with Crippen LogP contribution in [0.4, 0.5) is 5.69 Å². The summed E-state index contributed by atoms with van der Waals surface area (Å²) in [5.41, 5.74) is 0.624. The molecule has 2 aromatic rings. The summed E-state index contributed by atoms with van der Waals surface area (Å²) in [6.07, 6.45) is 1.45. The maximum Gasteiger partial charge on any atom is 0.270 e. The van der Waals surface area contributed by atoms with Crippen molar-refractivity contribution in [1.29, 1.82) is 0 Å². The van der Waals surface area contributed by atoms with E-state index >= 15 is 0 Å². The molecule has 0 unspecified atom stereocenters. The quantitative estimate of drug-likeness (QED) is 0.465. The van der Waals surface area contributed by atoms with Crippen LogP contribution in [0.2, 0.25) is 5.02 Å². The topological polar surface area (TPSA) is 64.7 Å². The van der Waals surface area contributed by atoms with Gasteiger partial charge in [0, 0.05) is 32.5 Å². The first-order valence-electron chi connectivity index (χ1n) is 5.88. The maximum atomic E-state index is 10.8. The summed E-state index contributed by atoms with van der Waals surface area (Å²) in [5.74, 6) is 0. The summed E-state index contributed by atoms with van der Waals surface area (Å²) in [6.45, 7) is 0. The van der Waals surface area contributed by atoms with Gasteiger partial charge in [-0.25, -0.2) is 0 Å². The van der Waals surface area contributed by atoms with Crippen LogP contribution in [0, 0.1) is 10.1 Å². The van der Waals surface area contributed by atoms with Crippen LogP contribution in [0.5, 0.6) is 0 Å². The molecule has 0 saturated heterocycles. The molecule has 0 heterocycles. The van der Waals surface area contributed by atoms with Crippen LogP contribution in [-0.2, 0) is 4.84 Å². The van der Waals surface area contributed by atoms with Crippen LogP contribution in [0.1, 0.15) is 5.56 Å². The van der Waals surface area contributed by atoms with E-state index in [4.69, 9.17) is 11.6 Å². The number of hydrogen-bond acceptors (Lipinski definition) is 5. The predicted molar refractivity (Wildman–Crippen MR) is 83.3 cm³/mol. The third-order valence-corrected chi connectivity index (χ3v) is 3.89. The summed E-state index contributed by atoms with van der Waals surface area (Å²) in [6, 6.07) is 11.9. The lowest BCUT2D eigenvalue weighted by Crippen LogP contribution is -1.93. The van der Waals surface area contributed by atoms with Gasteiger partial charge in [-0.15, -0.1) is 0 Å². The Morgan fingerprint density at radius 2 is 2.00 bits per heavy atom. The van der Waals surface area contributed by atoms with Crippen LogP contribution >= 0.6 is 23.4 Å². The molecule has 0 aliphatic carbocycles. The van der Waals surface area contributed by atoms with Crippen molar-refractivity contribution in [3.8, 4) is 0 Å². The Morgan fingerprint density at radius 3 is 2.62 bits per heavy atom. The number of hydrogen-bond donors (Lipinski definition) is 0. The molecule has 0 saturated carbocycles. The zero-order chi connectivity index (χ0) is 15.2. The van der Waals surface area contributed by atoms with E-state index in [1.807, 2.05) is 12.1 Å². The van der Waals surface area contributed by atoms with E-state index in [1.54, 1.807) is 18.2 Å². The van der Waals surface area contributed by atoms with Crippen molar-refractivity contribution in [2.45, 2.75) is 9.79 Å². The summed E-state index contributed by atoms with van der Waals surface area (Å²) >= 11 is 7.31. The van der Waals surface area contributed by atoms with Gasteiger partial charge in [-0.2, -0.15) is 0 Å². The van der Waals surface area contributed by atoms with Gasteiger partial charge in [0.1, 0.15) is 7.11 Å². The molecule has 0 aromatic heterocycles. The molecule has 2 rings (SSSR count). The van der Waals surface area contributed by atoms with Crippen LogP contribution in [-0.4, -0.2) is 18.2 Å². The zero-order valence-electron chi connectivity index (χ0n) is 11.0. The molecule has 2 aromatic carbocycles. The van der Waals surface area contributed by atoms with Crippen molar-refractivity contribution in [2.75, 3.05) is 7.11 Å². The molecule has 0 atom stereocenters. The number of nitrogens with zero attached hydrogens (tertiary/aromatic N) is 2. The monoisotopic (exact) mass is 322 g/mol. The van der Waals surface area contributed by atoms with Crippen molar-refractivity contribution in [3.05, 3.63) is 63.2 Å². The van der Waals surface area contributed by atoms with E-state index in [0.717, 1.165) is 9.79 Å². The molecular formula is C14H11ClN2O3S. The first-order valence-corrected chi connectivity index (χ1v) is 7.08. The van der Waals surface area contributed by atoms with E-state index in [1.165, 1.54) is 37.2 Å². The fourth-order valence-electron chi connectivity index (χ4n) is 1.58. The Balaban J connectivity index is 2.34. The smallest absolute Gasteiger partial charge is 0.270 e. The van der Waals surface area contributed by atoms with Crippen LogP contribution in [0.25, 0.3) is 0 Å². The van der Waals surface area contributed by atoms with Crippen LogP contribution in [0.3, 0.4) is 0 Å². The summed E-state index contributed by atoms with van der Waals surface area (Å²) < 4.78 is 0. The number of halogens is 1. The largest absolute Gasteiger partial charge is 0.399 e. The van der Waals surface area contributed by atoms with Crippen LogP contribution in [0.15, 0.2) is 57.4 Å². The highest BCUT2D eigenvalue weighted by molar-refractivity contribution is 7.99. The minimum Gasteiger partial charge on any atom is -0.399 e. The highest BCUT2D eigenvalue weighted by Gasteiger charge is 2.11. The third-order valence-electron chi connectivity index (χ3n) is 2.54. The molecule has 5 nitrogen and oxygen atoms in total. The van der Waals surface area contributed by atoms with Crippen molar-refractivity contribution in [3.63, 3.8) is 0 Å². The second-order valence-corrected chi connectivity index (χ2v) is 5.50. The molecule has 0 radical (unpaired) electrons. The summed E-state index contributed by atoms with van der Waals surface area (Å²) in [4.78, 5) is 16.8. The van der Waals surface area contributed by atoms with Gasteiger partial charge in [0.25, 0.3) is 5.69 Å². The van der Waals surface area contributed by atoms with E-state index in [9.17, 15) is 10.1 Å². The Labute approximate surface area is 130 Å². The average Bonchev–Trinajstić information content (AvgIpc) is 2.48. The Morgan fingerprint density at radius 1 is 1.29 bits per heavy atom. The lowest BCUT2D eigenvalue weighted by molar-refractivity contribution is -0.384. The fourth-order valence-corrected chi connectivity index (χ4v) is 2.60. The number of benzene rings is 2. The normalized spacial score (nSPS) is 10.8. The first-order chi connectivity index (χ1) is 10.1. The van der Waals surface area contributed by atoms with E-state index in [2.05, 4.69) is 9.99 Å². The van der Waals surface area contributed by atoms with E-state index in [0.29, 0.717) is 10.6 Å². The highest BCUT2D eigenvalue weighted by Crippen LogP contribution is 2.32. The number of rotatable bonds is 5. The molecule has 0 spiro atoms. The molecule has 0 aliphatic rings. The lowest BCUT2D eigenvalue weighted by atomic mass is 10.2. The van der Waals surface area contributed by atoms with Gasteiger partial charge in [-0.05, 0) is 30.3 Å². The third kappa shape index (κ3) is 4.21. The standard InChI is InChI=1S/C14H11ClN2O3S/c1-20-16-9-10-8-12(17(18)19)4-7-14(10)21-13-5-2-11(15)3-6-13/h2-9H,1H3/b16-9-. The number of nitro groups is 1. The first kappa shape index (κ1) is 15.3. The van der Waals surface area contributed by atoms with Crippen molar-refractivity contribution < 1.29 is 9.76 Å². The molecular weight excluding hydrogens is 312 g/mol. The summed E-state index contributed by atoms with van der Waals surface area (Å²) in [7, 11) is 1.42. The van der Waals surface area contributed by atoms with Gasteiger partial charge >= 0.3 is 0 Å². The van der Waals surface area contributed by atoms with Gasteiger partial charge in [-0.3, -0.25) is 10.1 Å². The van der Waals surface area contributed by atoms with E-state index in [-0.39, 0.29) is 5.69 Å². The van der Waals surface area contributed by atoms with Crippen molar-refractivity contribution >= 4 is 35.3 Å². The molecule has 0 amide bonds. The minimum atomic E-state index is -0.444. The number of oxime groups is 1. The van der Waals surface area contributed by atoms with Gasteiger partial charge < -0.3 is 4.84 Å². The van der Waals surface area contributed by atoms with Gasteiger partial charge in [0.2, 0.25) is 0 Å². The molecule has 7 heteroatoms. The Bertz CT molecular complexity index is 674. The summed E-state index contributed by atoms with van der Waals surface area (Å²) in [5, 5.41) is 15.2. The second-order valence-electron chi connectivity index (χ2n) is 3.95. The average molecular weight is 323 g/mol. The van der Waals surface area contributed by atoms with Gasteiger partial charge in [0.05, 0.1) is 11.1 Å². The van der Waals surface area contributed by atoms with Crippen molar-refractivity contribution in [2.24, 2.45) is 5.16 Å². The predicted octanol–water partition coefficient (Wildman–Crippen LogP) is 4.38. The molecule has 108 valence electrons. The molecule has 21 heavy (non-hydrogen) atoms. The van der Waals surface area contributed by atoms with Crippen LogP contribution < -0.4 is 0 Å². The SMILES string of the molecule is CO/N=C\c1cc([N+](=O)[O-])ccc1Sc1ccc(Cl)cc1. The van der Waals surface area contributed by atoms with Gasteiger partial charge in [0.15, 0.2) is 0 Å². The zero-order valence-corrected chi connectivity index (χ0v) is 12.6. The van der Waals surface area contributed by atoms with Gasteiger partial charge in [-0.1, -0.05) is 28.5 Å². The number of non-ortho nitro benzene ring substituents is 1. The maximum absolute atomic E-state index is 10.8. The minimum absolute atomic E-state index is 0.00742. The molecule has 0 aliphatic heterocycles. The van der Waals surface area contributed by atoms with E-state index < -0.39 is 4.92 Å². The number of nitro benzene ring substituents is 1.